The molecule has 182 valence electrons. The van der Waals surface area contributed by atoms with E-state index in [4.69, 9.17) is 10.5 Å². The van der Waals surface area contributed by atoms with E-state index in [1.54, 1.807) is 31.4 Å². The summed E-state index contributed by atoms with van der Waals surface area (Å²) in [7, 11) is 1.57. The van der Waals surface area contributed by atoms with E-state index in [1.165, 1.54) is 4.90 Å². The number of primary amides is 1. The van der Waals surface area contributed by atoms with Crippen LogP contribution in [0.5, 0.6) is 5.75 Å². The SMILES string of the molecule is COc1ccc(CN2C(=O)[C@@H]3[C@H](CCC(N)=O)N[C@]4(C(=O)Nc5c4ccc(C)c5C)[C@@H]3C2=O)cc1. The first-order valence-electron chi connectivity index (χ1n) is 11.6. The third kappa shape index (κ3) is 3.33. The fraction of sp³-hybridized carbons (Fsp3) is 0.385. The summed E-state index contributed by atoms with van der Waals surface area (Å²) in [5.74, 6) is -2.63. The van der Waals surface area contributed by atoms with Crippen LogP contribution in [-0.2, 0) is 31.3 Å². The van der Waals surface area contributed by atoms with Crippen molar-refractivity contribution in [3.63, 3.8) is 0 Å². The van der Waals surface area contributed by atoms with Crippen LogP contribution in [-0.4, -0.2) is 41.7 Å². The van der Waals surface area contributed by atoms with Gasteiger partial charge in [0, 0.05) is 23.7 Å². The molecule has 5 rings (SSSR count). The van der Waals surface area contributed by atoms with E-state index in [0.717, 1.165) is 16.7 Å². The number of anilines is 1. The number of nitrogens with one attached hydrogen (secondary N) is 2. The highest BCUT2D eigenvalue weighted by Crippen LogP contribution is 2.54. The third-order valence-electron chi connectivity index (χ3n) is 7.71. The number of ether oxygens (including phenoxy) is 1. The summed E-state index contributed by atoms with van der Waals surface area (Å²) in [5.41, 5.74) is 8.03. The maximum atomic E-state index is 13.8. The first-order valence-corrected chi connectivity index (χ1v) is 11.6. The van der Waals surface area contributed by atoms with Crippen LogP contribution in [0.25, 0.3) is 0 Å². The van der Waals surface area contributed by atoms with Gasteiger partial charge in [0.25, 0.3) is 0 Å². The van der Waals surface area contributed by atoms with E-state index >= 15 is 0 Å². The zero-order valence-corrected chi connectivity index (χ0v) is 19.9. The Morgan fingerprint density at radius 3 is 2.46 bits per heavy atom. The quantitative estimate of drug-likeness (QED) is 0.542. The number of benzene rings is 2. The van der Waals surface area contributed by atoms with Crippen molar-refractivity contribution in [3.8, 4) is 5.75 Å². The number of likely N-dealkylation sites (tertiary alicyclic amines) is 1. The number of nitrogens with zero attached hydrogens (tertiary/aromatic N) is 1. The first-order chi connectivity index (χ1) is 16.7. The van der Waals surface area contributed by atoms with Crippen LogP contribution in [0.1, 0.15) is 35.1 Å². The number of nitrogens with two attached hydrogens (primary N) is 1. The van der Waals surface area contributed by atoms with Gasteiger partial charge in [-0.1, -0.05) is 24.3 Å². The van der Waals surface area contributed by atoms with E-state index in [-0.39, 0.29) is 31.2 Å². The highest BCUT2D eigenvalue weighted by Gasteiger charge is 2.70. The molecule has 0 aliphatic carbocycles. The number of aryl methyl sites for hydroxylation is 1. The summed E-state index contributed by atoms with van der Waals surface area (Å²) in [6.45, 7) is 3.96. The lowest BCUT2D eigenvalue weighted by Crippen LogP contribution is -2.53. The van der Waals surface area contributed by atoms with Crippen molar-refractivity contribution in [1.29, 1.82) is 0 Å². The van der Waals surface area contributed by atoms with Crippen LogP contribution < -0.4 is 21.1 Å². The van der Waals surface area contributed by atoms with Crippen molar-refractivity contribution in [2.45, 2.75) is 44.8 Å². The van der Waals surface area contributed by atoms with Gasteiger partial charge in [-0.25, -0.2) is 0 Å². The van der Waals surface area contributed by atoms with E-state index in [1.807, 2.05) is 26.0 Å². The molecule has 0 bridgehead atoms. The monoisotopic (exact) mass is 476 g/mol. The molecule has 2 fully saturated rings. The van der Waals surface area contributed by atoms with Crippen LogP contribution in [0, 0.1) is 25.7 Å². The summed E-state index contributed by atoms with van der Waals surface area (Å²) >= 11 is 0. The third-order valence-corrected chi connectivity index (χ3v) is 7.71. The molecule has 9 heteroatoms. The lowest BCUT2D eigenvalue weighted by Gasteiger charge is -2.29. The van der Waals surface area contributed by atoms with E-state index < -0.39 is 35.2 Å². The Hall–Kier alpha value is -3.72. The molecule has 4 amide bonds. The number of carbonyl (C=O) groups excluding carboxylic acids is 4. The summed E-state index contributed by atoms with van der Waals surface area (Å²) in [5, 5.41) is 6.29. The number of imide groups is 1. The molecular weight excluding hydrogens is 448 g/mol. The molecule has 4 atom stereocenters. The van der Waals surface area contributed by atoms with Crippen LogP contribution in [0.4, 0.5) is 5.69 Å². The van der Waals surface area contributed by atoms with Gasteiger partial charge in [0.15, 0.2) is 0 Å². The molecule has 0 aromatic heterocycles. The maximum Gasteiger partial charge on any atom is 0.250 e. The minimum absolute atomic E-state index is 0.0400. The van der Waals surface area contributed by atoms with Crippen molar-refractivity contribution in [1.82, 2.24) is 10.2 Å². The molecular formula is C26H28N4O5. The Morgan fingerprint density at radius 2 is 1.80 bits per heavy atom. The summed E-state index contributed by atoms with van der Waals surface area (Å²) in [6, 6.07) is 10.4. The second-order valence-corrected chi connectivity index (χ2v) is 9.56. The van der Waals surface area contributed by atoms with Gasteiger partial charge < -0.3 is 15.8 Å². The van der Waals surface area contributed by atoms with Gasteiger partial charge in [-0.05, 0) is 49.1 Å². The molecule has 4 N–H and O–H groups in total. The molecule has 3 aliphatic heterocycles. The number of fused-ring (bicyclic) bond motifs is 4. The highest BCUT2D eigenvalue weighted by atomic mass is 16.5. The second-order valence-electron chi connectivity index (χ2n) is 9.56. The Morgan fingerprint density at radius 1 is 1.09 bits per heavy atom. The minimum atomic E-state index is -1.39. The Bertz CT molecular complexity index is 1260. The van der Waals surface area contributed by atoms with E-state index in [0.29, 0.717) is 17.0 Å². The predicted octanol–water partition coefficient (Wildman–Crippen LogP) is 1.50. The smallest absolute Gasteiger partial charge is 0.250 e. The fourth-order valence-electron chi connectivity index (χ4n) is 5.79. The van der Waals surface area contributed by atoms with Crippen molar-refractivity contribution in [2.24, 2.45) is 17.6 Å². The van der Waals surface area contributed by atoms with Crippen molar-refractivity contribution < 1.29 is 23.9 Å². The molecule has 2 saturated heterocycles. The Kier molecular flexibility index (Phi) is 5.40. The van der Waals surface area contributed by atoms with Crippen LogP contribution in [0.2, 0.25) is 0 Å². The lowest BCUT2D eigenvalue weighted by atomic mass is 9.76. The van der Waals surface area contributed by atoms with E-state index in [9.17, 15) is 19.2 Å². The minimum Gasteiger partial charge on any atom is -0.497 e. The Labute approximate surface area is 203 Å². The molecule has 2 aromatic rings. The number of hydrogen-bond acceptors (Lipinski definition) is 6. The van der Waals surface area contributed by atoms with Crippen LogP contribution >= 0.6 is 0 Å². The number of hydrogen-bond donors (Lipinski definition) is 3. The van der Waals surface area contributed by atoms with Gasteiger partial charge in [-0.2, -0.15) is 0 Å². The van der Waals surface area contributed by atoms with Gasteiger partial charge in [0.1, 0.15) is 11.3 Å². The highest BCUT2D eigenvalue weighted by molar-refractivity contribution is 6.15. The molecule has 0 radical (unpaired) electrons. The van der Waals surface area contributed by atoms with Crippen LogP contribution in [0.3, 0.4) is 0 Å². The average molecular weight is 477 g/mol. The molecule has 9 nitrogen and oxygen atoms in total. The number of rotatable bonds is 6. The summed E-state index contributed by atoms with van der Waals surface area (Å²) < 4.78 is 5.19. The average Bonchev–Trinajstić information content (AvgIpc) is 3.41. The van der Waals surface area contributed by atoms with Gasteiger partial charge in [-0.15, -0.1) is 0 Å². The normalized spacial score (nSPS) is 26.8. The van der Waals surface area contributed by atoms with E-state index in [2.05, 4.69) is 10.6 Å². The van der Waals surface area contributed by atoms with Gasteiger partial charge in [0.2, 0.25) is 23.6 Å². The van der Waals surface area contributed by atoms with Crippen molar-refractivity contribution in [3.05, 3.63) is 58.7 Å². The molecule has 0 unspecified atom stereocenters. The topological polar surface area (TPSA) is 131 Å². The van der Waals surface area contributed by atoms with Gasteiger partial charge in [0.05, 0.1) is 25.5 Å². The largest absolute Gasteiger partial charge is 0.497 e. The zero-order chi connectivity index (χ0) is 25.1. The molecule has 1 spiro atoms. The Balaban J connectivity index is 1.57. The van der Waals surface area contributed by atoms with Gasteiger partial charge >= 0.3 is 0 Å². The van der Waals surface area contributed by atoms with Crippen molar-refractivity contribution >= 4 is 29.3 Å². The summed E-state index contributed by atoms with van der Waals surface area (Å²) in [6.07, 6.45) is 0.291. The fourth-order valence-corrected chi connectivity index (χ4v) is 5.79. The number of amides is 4. The molecule has 35 heavy (non-hydrogen) atoms. The molecule has 3 aliphatic rings. The first kappa shape index (κ1) is 23.0. The lowest BCUT2D eigenvalue weighted by molar-refractivity contribution is -0.143. The van der Waals surface area contributed by atoms with Gasteiger partial charge in [-0.3, -0.25) is 29.4 Å². The van der Waals surface area contributed by atoms with Crippen LogP contribution in [0.15, 0.2) is 36.4 Å². The molecule has 0 saturated carbocycles. The molecule has 3 heterocycles. The zero-order valence-electron chi connectivity index (χ0n) is 19.9. The summed E-state index contributed by atoms with van der Waals surface area (Å²) in [4.78, 5) is 53.9. The standard InChI is InChI=1S/C26H28N4O5/c1-13-4-9-17-22(14(13)2)28-25(34)26(17)21-20(18(29-26)10-11-19(27)31)23(32)30(24(21)33)12-15-5-7-16(35-3)8-6-15/h4-9,18,20-21,29H,10-12H2,1-3H3,(H2,27,31)(H,28,34)/t18-,20+,21-,26-/m0/s1. The van der Waals surface area contributed by atoms with Crippen molar-refractivity contribution in [2.75, 3.05) is 12.4 Å². The second kappa shape index (κ2) is 8.20. The number of methoxy groups -OCH3 is 1. The maximum absolute atomic E-state index is 13.8. The predicted molar refractivity (Wildman–Crippen MR) is 127 cm³/mol. The number of carbonyl (C=O) groups is 4. The molecule has 2 aromatic carbocycles.